The van der Waals surface area contributed by atoms with Crippen LogP contribution in [0.2, 0.25) is 18.1 Å². The molecule has 0 saturated carbocycles. The predicted octanol–water partition coefficient (Wildman–Crippen LogP) is 5.48. The van der Waals surface area contributed by atoms with E-state index in [1.54, 1.807) is 4.90 Å². The Morgan fingerprint density at radius 1 is 1.27 bits per heavy atom. The van der Waals surface area contributed by atoms with Crippen LogP contribution in [0.5, 0.6) is 0 Å². The van der Waals surface area contributed by atoms with Crippen LogP contribution in [0.3, 0.4) is 0 Å². The molecule has 1 unspecified atom stereocenters. The summed E-state index contributed by atoms with van der Waals surface area (Å²) >= 11 is 0. The summed E-state index contributed by atoms with van der Waals surface area (Å²) in [4.78, 5) is 17.3. The first-order chi connectivity index (χ1) is 11.8. The van der Waals surface area contributed by atoms with Gasteiger partial charge in [-0.05, 0) is 63.7 Å². The molecule has 0 N–H and O–H groups in total. The van der Waals surface area contributed by atoms with Crippen LogP contribution < -0.4 is 0 Å². The van der Waals surface area contributed by atoms with Gasteiger partial charge in [0.15, 0.2) is 8.32 Å². The normalized spacial score (nSPS) is 21.9. The Kier molecular flexibility index (Phi) is 7.57. The number of hydrogen-bond donors (Lipinski definition) is 0. The maximum atomic E-state index is 12.6. The number of ether oxygens (including phenoxy) is 1. The van der Waals surface area contributed by atoms with E-state index < -0.39 is 13.9 Å². The number of likely N-dealkylation sites (tertiary alicyclic amines) is 1. The van der Waals surface area contributed by atoms with E-state index in [0.717, 1.165) is 6.42 Å². The van der Waals surface area contributed by atoms with Crippen molar-refractivity contribution in [3.05, 3.63) is 10.4 Å². The second-order valence-electron chi connectivity index (χ2n) is 9.61. The van der Waals surface area contributed by atoms with E-state index in [4.69, 9.17) is 14.7 Å². The van der Waals surface area contributed by atoms with Crippen LogP contribution >= 0.6 is 0 Å². The molecular weight excluding hydrogens is 348 g/mol. The molecule has 1 rings (SSSR count). The summed E-state index contributed by atoms with van der Waals surface area (Å²) < 4.78 is 11.8. The fourth-order valence-corrected chi connectivity index (χ4v) is 3.77. The maximum Gasteiger partial charge on any atom is 0.410 e. The molecule has 150 valence electrons. The minimum atomic E-state index is -1.83. The third-order valence-electron chi connectivity index (χ3n) is 5.25. The second-order valence-corrected chi connectivity index (χ2v) is 14.4. The number of nitrogens with zero attached hydrogens (tertiary/aromatic N) is 4. The molecule has 0 aromatic heterocycles. The third kappa shape index (κ3) is 6.82. The van der Waals surface area contributed by atoms with Gasteiger partial charge < -0.3 is 14.1 Å². The predicted molar refractivity (Wildman–Crippen MR) is 107 cm³/mol. The van der Waals surface area contributed by atoms with Gasteiger partial charge in [-0.15, -0.1) is 0 Å². The standard InChI is InChI=1S/C18H36N4O3Si/c1-17(2,3)25-16(23)22-11-9-14(20-21-19)13-15(22)10-12-24-26(7,8)18(4,5)6/h14-15H,9-13H2,1-8H3/t14?,15-/m1/s1. The first-order valence-corrected chi connectivity index (χ1v) is 12.4. The average Bonchev–Trinajstić information content (AvgIpc) is 2.44. The SMILES string of the molecule is CC(C)(C)OC(=O)N1CCC(N=[N+]=[N-])C[C@H]1CCO[Si](C)(C)C(C)(C)C. The summed E-state index contributed by atoms with van der Waals surface area (Å²) in [6.45, 7) is 17.8. The Hall–Kier alpha value is -1.24. The van der Waals surface area contributed by atoms with E-state index in [1.807, 2.05) is 20.8 Å². The first-order valence-electron chi connectivity index (χ1n) is 9.44. The van der Waals surface area contributed by atoms with E-state index in [2.05, 4.69) is 43.9 Å². The lowest BCUT2D eigenvalue weighted by atomic mass is 9.96. The van der Waals surface area contributed by atoms with Gasteiger partial charge >= 0.3 is 6.09 Å². The maximum absolute atomic E-state index is 12.6. The van der Waals surface area contributed by atoms with Crippen molar-refractivity contribution in [2.24, 2.45) is 5.11 Å². The fourth-order valence-electron chi connectivity index (χ4n) is 2.71. The Morgan fingerprint density at radius 2 is 1.88 bits per heavy atom. The van der Waals surface area contributed by atoms with E-state index in [0.29, 0.717) is 26.0 Å². The molecule has 26 heavy (non-hydrogen) atoms. The van der Waals surface area contributed by atoms with Gasteiger partial charge in [0.2, 0.25) is 0 Å². The summed E-state index contributed by atoms with van der Waals surface area (Å²) in [5.74, 6) is 0. The van der Waals surface area contributed by atoms with E-state index in [9.17, 15) is 4.79 Å². The number of carbonyl (C=O) groups is 1. The van der Waals surface area contributed by atoms with Gasteiger partial charge in [0.1, 0.15) is 5.60 Å². The average molecular weight is 385 g/mol. The first kappa shape index (κ1) is 22.8. The molecule has 0 bridgehead atoms. The van der Waals surface area contributed by atoms with Crippen molar-refractivity contribution in [3.8, 4) is 0 Å². The lowest BCUT2D eigenvalue weighted by Gasteiger charge is -2.40. The number of hydrogen-bond acceptors (Lipinski definition) is 4. The van der Waals surface area contributed by atoms with Crippen LogP contribution in [0.4, 0.5) is 4.79 Å². The number of carbonyl (C=O) groups excluding carboxylic acids is 1. The molecule has 1 heterocycles. The summed E-state index contributed by atoms with van der Waals surface area (Å²) in [6, 6.07) is -0.101. The third-order valence-corrected chi connectivity index (χ3v) is 9.79. The molecule has 1 amide bonds. The van der Waals surface area contributed by atoms with Crippen LogP contribution in [-0.2, 0) is 9.16 Å². The quantitative estimate of drug-likeness (QED) is 0.272. The lowest BCUT2D eigenvalue weighted by molar-refractivity contribution is 0.00561. The van der Waals surface area contributed by atoms with Gasteiger partial charge in [-0.3, -0.25) is 0 Å². The monoisotopic (exact) mass is 384 g/mol. The van der Waals surface area contributed by atoms with Crippen LogP contribution in [0, 0.1) is 0 Å². The van der Waals surface area contributed by atoms with Gasteiger partial charge in [-0.2, -0.15) is 0 Å². The fraction of sp³-hybridized carbons (Fsp3) is 0.944. The van der Waals surface area contributed by atoms with Gasteiger partial charge in [-0.1, -0.05) is 25.9 Å². The Balaban J connectivity index is 2.78. The zero-order chi connectivity index (χ0) is 20.2. The summed E-state index contributed by atoms with van der Waals surface area (Å²) in [6.07, 6.45) is 1.75. The smallest absolute Gasteiger partial charge is 0.410 e. The molecule has 1 aliphatic heterocycles. The highest BCUT2D eigenvalue weighted by Crippen LogP contribution is 2.37. The second kappa shape index (κ2) is 8.63. The highest BCUT2D eigenvalue weighted by molar-refractivity contribution is 6.74. The van der Waals surface area contributed by atoms with E-state index >= 15 is 0 Å². The molecule has 1 fully saturated rings. The van der Waals surface area contributed by atoms with E-state index in [-0.39, 0.29) is 23.2 Å². The molecule has 1 saturated heterocycles. The van der Waals surface area contributed by atoms with Crippen molar-refractivity contribution in [1.82, 2.24) is 4.90 Å². The van der Waals surface area contributed by atoms with Crippen molar-refractivity contribution in [2.75, 3.05) is 13.2 Å². The molecule has 7 nitrogen and oxygen atoms in total. The van der Waals surface area contributed by atoms with Gasteiger partial charge in [0, 0.05) is 30.1 Å². The van der Waals surface area contributed by atoms with Gasteiger partial charge in [0.25, 0.3) is 0 Å². The van der Waals surface area contributed by atoms with Gasteiger partial charge in [0.05, 0.1) is 0 Å². The van der Waals surface area contributed by atoms with Crippen molar-refractivity contribution >= 4 is 14.4 Å². The lowest BCUT2D eigenvalue weighted by Crippen LogP contribution is -2.50. The molecule has 0 aliphatic carbocycles. The van der Waals surface area contributed by atoms with Crippen molar-refractivity contribution in [3.63, 3.8) is 0 Å². The minimum Gasteiger partial charge on any atom is -0.444 e. The Bertz CT molecular complexity index is 534. The number of amides is 1. The highest BCUT2D eigenvalue weighted by Gasteiger charge is 2.38. The summed E-state index contributed by atoms with van der Waals surface area (Å²) in [5, 5.41) is 4.02. The van der Waals surface area contributed by atoms with E-state index in [1.165, 1.54) is 0 Å². The Morgan fingerprint density at radius 3 is 2.38 bits per heavy atom. The molecule has 2 atom stereocenters. The molecular formula is C18H36N4O3Si. The topological polar surface area (TPSA) is 87.5 Å². The molecule has 0 spiro atoms. The zero-order valence-corrected chi connectivity index (χ0v) is 18.7. The number of piperidine rings is 1. The molecule has 1 aliphatic rings. The zero-order valence-electron chi connectivity index (χ0n) is 17.7. The largest absolute Gasteiger partial charge is 0.444 e. The minimum absolute atomic E-state index is 0.0288. The molecule has 0 aromatic rings. The summed E-state index contributed by atoms with van der Waals surface area (Å²) in [7, 11) is -1.83. The number of rotatable bonds is 5. The van der Waals surface area contributed by atoms with Gasteiger partial charge in [-0.25, -0.2) is 4.79 Å². The van der Waals surface area contributed by atoms with Crippen LogP contribution in [-0.4, -0.2) is 50.1 Å². The highest BCUT2D eigenvalue weighted by atomic mass is 28.4. The summed E-state index contributed by atoms with van der Waals surface area (Å²) in [5.41, 5.74) is 8.21. The van der Waals surface area contributed by atoms with Crippen molar-refractivity contribution in [1.29, 1.82) is 0 Å². The molecule has 0 aromatic carbocycles. The van der Waals surface area contributed by atoms with Crippen LogP contribution in [0.1, 0.15) is 60.8 Å². The van der Waals surface area contributed by atoms with Crippen molar-refractivity contribution in [2.45, 2.75) is 96.6 Å². The van der Waals surface area contributed by atoms with Crippen LogP contribution in [0.25, 0.3) is 10.4 Å². The Labute approximate surface area is 159 Å². The molecule has 0 radical (unpaired) electrons. The van der Waals surface area contributed by atoms with Crippen LogP contribution in [0.15, 0.2) is 5.11 Å². The number of azide groups is 1. The van der Waals surface area contributed by atoms with Crippen molar-refractivity contribution < 1.29 is 14.0 Å². The molecule has 8 heteroatoms.